The summed E-state index contributed by atoms with van der Waals surface area (Å²) in [6.07, 6.45) is 2.45. The molecule has 0 radical (unpaired) electrons. The second-order valence-corrected chi connectivity index (χ2v) is 8.50. The molecule has 6 heteroatoms. The summed E-state index contributed by atoms with van der Waals surface area (Å²) in [6, 6.07) is 18.9. The predicted molar refractivity (Wildman–Crippen MR) is 114 cm³/mol. The van der Waals surface area contributed by atoms with E-state index in [9.17, 15) is 9.59 Å². The Bertz CT molecular complexity index is 1050. The van der Waals surface area contributed by atoms with Gasteiger partial charge < -0.3 is 14.6 Å². The van der Waals surface area contributed by atoms with Crippen molar-refractivity contribution < 1.29 is 14.0 Å². The van der Waals surface area contributed by atoms with Gasteiger partial charge in [-0.15, -0.1) is 11.8 Å². The van der Waals surface area contributed by atoms with Gasteiger partial charge in [0.25, 0.3) is 5.91 Å². The van der Waals surface area contributed by atoms with Gasteiger partial charge in [-0.05, 0) is 41.8 Å². The number of anilines is 1. The highest BCUT2D eigenvalue weighted by Gasteiger charge is 2.44. The van der Waals surface area contributed by atoms with Crippen LogP contribution in [0, 0.1) is 0 Å². The third-order valence-electron chi connectivity index (χ3n) is 5.51. The van der Waals surface area contributed by atoms with Crippen LogP contribution in [0.4, 0.5) is 5.69 Å². The third-order valence-corrected chi connectivity index (χ3v) is 6.88. The van der Waals surface area contributed by atoms with Crippen molar-refractivity contribution in [2.24, 2.45) is 0 Å². The Morgan fingerprint density at radius 2 is 1.90 bits per heavy atom. The Morgan fingerprint density at radius 3 is 2.69 bits per heavy atom. The van der Waals surface area contributed by atoms with Gasteiger partial charge in [0.15, 0.2) is 0 Å². The van der Waals surface area contributed by atoms with Crippen molar-refractivity contribution in [2.45, 2.75) is 23.5 Å². The van der Waals surface area contributed by atoms with E-state index in [0.717, 1.165) is 23.3 Å². The molecule has 3 aromatic rings. The Morgan fingerprint density at radius 1 is 1.03 bits per heavy atom. The number of fused-ring (bicyclic) bond motifs is 2. The van der Waals surface area contributed by atoms with E-state index >= 15 is 0 Å². The lowest BCUT2D eigenvalue weighted by atomic mass is 10.0. The van der Waals surface area contributed by atoms with Crippen LogP contribution in [0.15, 0.2) is 71.3 Å². The summed E-state index contributed by atoms with van der Waals surface area (Å²) in [5.74, 6) is 1.38. The number of hydrogen-bond acceptors (Lipinski definition) is 4. The van der Waals surface area contributed by atoms with E-state index in [1.807, 2.05) is 60.7 Å². The summed E-state index contributed by atoms with van der Waals surface area (Å²) in [5, 5.41) is 3.04. The van der Waals surface area contributed by atoms with Gasteiger partial charge in [-0.1, -0.05) is 36.4 Å². The van der Waals surface area contributed by atoms with Crippen LogP contribution in [0.25, 0.3) is 11.1 Å². The molecular weight excluding hydrogens is 384 g/mol. The molecule has 0 saturated carbocycles. The van der Waals surface area contributed by atoms with Crippen molar-refractivity contribution in [3.63, 3.8) is 0 Å². The van der Waals surface area contributed by atoms with E-state index in [4.69, 9.17) is 4.42 Å². The van der Waals surface area contributed by atoms with Crippen LogP contribution in [0.5, 0.6) is 0 Å². The highest BCUT2D eigenvalue weighted by atomic mass is 32.2. The van der Waals surface area contributed by atoms with Crippen molar-refractivity contribution in [1.82, 2.24) is 4.90 Å². The number of hydrogen-bond donors (Lipinski definition) is 1. The van der Waals surface area contributed by atoms with Crippen LogP contribution in [-0.2, 0) is 10.5 Å². The fraction of sp³-hybridized carbons (Fsp3) is 0.217. The maximum absolute atomic E-state index is 13.3. The maximum atomic E-state index is 13.3. The number of furan rings is 1. The number of rotatable bonds is 4. The molecule has 5 nitrogen and oxygen atoms in total. The molecule has 2 aromatic carbocycles. The van der Waals surface area contributed by atoms with E-state index in [1.54, 1.807) is 22.9 Å². The van der Waals surface area contributed by atoms with E-state index in [0.29, 0.717) is 23.5 Å². The van der Waals surface area contributed by atoms with Crippen LogP contribution in [-0.4, -0.2) is 34.6 Å². The minimum absolute atomic E-state index is 0.0481. The second kappa shape index (κ2) is 7.44. The first kappa shape index (κ1) is 18.1. The monoisotopic (exact) mass is 404 g/mol. The van der Waals surface area contributed by atoms with Crippen LogP contribution in [0.3, 0.4) is 0 Å². The quantitative estimate of drug-likeness (QED) is 0.699. The molecule has 2 amide bonds. The van der Waals surface area contributed by atoms with Crippen LogP contribution >= 0.6 is 11.8 Å². The van der Waals surface area contributed by atoms with Gasteiger partial charge in [0.2, 0.25) is 5.91 Å². The lowest BCUT2D eigenvalue weighted by Crippen LogP contribution is -2.44. The van der Waals surface area contributed by atoms with Crippen molar-refractivity contribution in [3.05, 3.63) is 78.3 Å². The Balaban J connectivity index is 1.43. The van der Waals surface area contributed by atoms with Gasteiger partial charge in [0.1, 0.15) is 11.8 Å². The predicted octanol–water partition coefficient (Wildman–Crippen LogP) is 4.42. The summed E-state index contributed by atoms with van der Waals surface area (Å²) < 4.78 is 5.41. The molecule has 2 atom stereocenters. The largest absolute Gasteiger partial charge is 0.468 e. The van der Waals surface area contributed by atoms with Crippen molar-refractivity contribution in [3.8, 4) is 11.1 Å². The maximum Gasteiger partial charge on any atom is 0.256 e. The molecular formula is C23H20N2O3S. The van der Waals surface area contributed by atoms with Gasteiger partial charge in [0, 0.05) is 11.8 Å². The van der Waals surface area contributed by atoms with Gasteiger partial charge >= 0.3 is 0 Å². The molecule has 29 heavy (non-hydrogen) atoms. The number of benzene rings is 2. The number of nitrogens with one attached hydrogen (secondary N) is 1. The molecule has 5 rings (SSSR count). The first-order valence-electron chi connectivity index (χ1n) is 9.66. The number of amides is 2. The third kappa shape index (κ3) is 3.34. The molecule has 2 aliphatic rings. The fourth-order valence-electron chi connectivity index (χ4n) is 4.06. The summed E-state index contributed by atoms with van der Waals surface area (Å²) in [5.41, 5.74) is 3.15. The zero-order chi connectivity index (χ0) is 19.8. The lowest BCUT2D eigenvalue weighted by Gasteiger charge is -2.24. The summed E-state index contributed by atoms with van der Waals surface area (Å²) >= 11 is 1.67. The number of carbonyl (C=O) groups is 2. The standard InChI is InChI=1S/C23H20N2O3S/c26-22-21-20(29-14-17-7-4-12-28-17)10-11-25(21)23(27)18-13-16(8-9-19(18)24-22)15-5-2-1-3-6-15/h1-9,12-13,20-21H,10-11,14H2,(H,24,26)/t20-,21-/m0/s1. The van der Waals surface area contributed by atoms with Gasteiger partial charge in [-0.2, -0.15) is 0 Å². The van der Waals surface area contributed by atoms with E-state index in [-0.39, 0.29) is 17.1 Å². The van der Waals surface area contributed by atoms with E-state index < -0.39 is 6.04 Å². The second-order valence-electron chi connectivity index (χ2n) is 7.28. The molecule has 1 N–H and O–H groups in total. The average Bonchev–Trinajstić information content (AvgIpc) is 3.40. The Kier molecular flexibility index (Phi) is 4.64. The average molecular weight is 404 g/mol. The van der Waals surface area contributed by atoms with Crippen LogP contribution in [0.2, 0.25) is 0 Å². The fourth-order valence-corrected chi connectivity index (χ4v) is 5.33. The molecule has 2 aliphatic heterocycles. The summed E-state index contributed by atoms with van der Waals surface area (Å²) in [4.78, 5) is 28.1. The summed E-state index contributed by atoms with van der Waals surface area (Å²) in [6.45, 7) is 0.585. The van der Waals surface area contributed by atoms with Crippen LogP contribution in [0.1, 0.15) is 22.5 Å². The molecule has 1 fully saturated rings. The van der Waals surface area contributed by atoms with E-state index in [1.165, 1.54) is 0 Å². The van der Waals surface area contributed by atoms with Crippen molar-refractivity contribution in [1.29, 1.82) is 0 Å². The minimum Gasteiger partial charge on any atom is -0.468 e. The van der Waals surface area contributed by atoms with Gasteiger partial charge in [-0.25, -0.2) is 0 Å². The number of nitrogens with zero attached hydrogens (tertiary/aromatic N) is 1. The Hall–Kier alpha value is -2.99. The van der Waals surface area contributed by atoms with Gasteiger partial charge in [-0.3, -0.25) is 9.59 Å². The van der Waals surface area contributed by atoms with E-state index in [2.05, 4.69) is 5.32 Å². The normalized spacial score (nSPS) is 20.8. The van der Waals surface area contributed by atoms with Gasteiger partial charge in [0.05, 0.1) is 23.3 Å². The molecule has 1 aromatic heterocycles. The highest BCUT2D eigenvalue weighted by Crippen LogP contribution is 2.37. The smallest absolute Gasteiger partial charge is 0.256 e. The zero-order valence-electron chi connectivity index (χ0n) is 15.7. The molecule has 1 saturated heterocycles. The van der Waals surface area contributed by atoms with Crippen LogP contribution < -0.4 is 5.32 Å². The first-order chi connectivity index (χ1) is 14.2. The first-order valence-corrected chi connectivity index (χ1v) is 10.7. The SMILES string of the molecule is O=C1Nc2ccc(-c3ccccc3)cc2C(=O)N2CC[C@H](SCc3ccco3)[C@@H]12. The lowest BCUT2D eigenvalue weighted by molar-refractivity contribution is -0.119. The number of carbonyl (C=O) groups excluding carboxylic acids is 2. The number of thioether (sulfide) groups is 1. The molecule has 0 unspecified atom stereocenters. The van der Waals surface area contributed by atoms with Crippen molar-refractivity contribution in [2.75, 3.05) is 11.9 Å². The summed E-state index contributed by atoms with van der Waals surface area (Å²) in [7, 11) is 0. The molecule has 3 heterocycles. The zero-order valence-corrected chi connectivity index (χ0v) is 16.5. The molecule has 146 valence electrons. The minimum atomic E-state index is -0.463. The Labute approximate surface area is 173 Å². The molecule has 0 spiro atoms. The topological polar surface area (TPSA) is 62.6 Å². The van der Waals surface area contributed by atoms with Crippen molar-refractivity contribution >= 4 is 29.3 Å². The molecule has 0 aliphatic carbocycles. The highest BCUT2D eigenvalue weighted by molar-refractivity contribution is 7.99. The molecule has 0 bridgehead atoms.